The molecule has 0 aromatic rings. The highest BCUT2D eigenvalue weighted by atomic mass is 127. The normalized spacial score (nSPS) is 21.6. The lowest BCUT2D eigenvalue weighted by molar-refractivity contribution is -0.128. The minimum Gasteiger partial charge on any atom is -0.377 e. The average molecular weight is 482 g/mol. The molecule has 26 heavy (non-hydrogen) atoms. The Kier molecular flexibility index (Phi) is 11.1. The van der Waals surface area contributed by atoms with E-state index in [0.717, 1.165) is 25.5 Å². The molecule has 1 aliphatic rings. The number of nitrogens with one attached hydrogen (secondary N) is 3. The molecule has 1 aliphatic heterocycles. The van der Waals surface area contributed by atoms with Crippen LogP contribution >= 0.6 is 24.0 Å². The van der Waals surface area contributed by atoms with E-state index in [1.165, 1.54) is 6.42 Å². The van der Waals surface area contributed by atoms with Crippen LogP contribution in [0.2, 0.25) is 0 Å². The zero-order chi connectivity index (χ0) is 19.1. The van der Waals surface area contributed by atoms with E-state index in [9.17, 15) is 4.79 Å². The summed E-state index contributed by atoms with van der Waals surface area (Å²) in [7, 11) is 1.77. The lowest BCUT2D eigenvalue weighted by Crippen LogP contribution is -2.48. The molecular weight excluding hydrogens is 443 g/mol. The van der Waals surface area contributed by atoms with Crippen LogP contribution in [0.5, 0.6) is 0 Å². The Balaban J connectivity index is 0.00000625. The number of guanidine groups is 1. The van der Waals surface area contributed by atoms with Crippen molar-refractivity contribution in [3.8, 4) is 0 Å². The summed E-state index contributed by atoms with van der Waals surface area (Å²) in [6.07, 6.45) is 2.55. The Morgan fingerprint density at radius 1 is 1.08 bits per heavy atom. The first-order chi connectivity index (χ1) is 11.6. The standard InChI is InChI=1S/C19H38N4O2.HI/c1-18(2,3)15-14(9-8-12-25-15)13-23-17(20-7)22-11-10-21-16(24)19(4,5)6;/h14-15H,8-13H2,1-7H3,(H,21,24)(H2,20,22,23);1H. The third kappa shape index (κ3) is 8.88. The number of carbonyl (C=O) groups is 1. The van der Waals surface area contributed by atoms with Crippen LogP contribution < -0.4 is 16.0 Å². The first kappa shape index (κ1) is 25.4. The van der Waals surface area contributed by atoms with Gasteiger partial charge in [0.05, 0.1) is 6.10 Å². The van der Waals surface area contributed by atoms with Gasteiger partial charge < -0.3 is 20.7 Å². The van der Waals surface area contributed by atoms with Gasteiger partial charge in [-0.25, -0.2) is 0 Å². The fourth-order valence-electron chi connectivity index (χ4n) is 3.08. The molecule has 1 saturated heterocycles. The molecule has 0 saturated carbocycles. The quantitative estimate of drug-likeness (QED) is 0.244. The molecule has 7 heteroatoms. The Morgan fingerprint density at radius 2 is 1.69 bits per heavy atom. The lowest BCUT2D eigenvalue weighted by Gasteiger charge is -2.40. The Morgan fingerprint density at radius 3 is 2.23 bits per heavy atom. The monoisotopic (exact) mass is 482 g/mol. The van der Waals surface area contributed by atoms with E-state index in [0.29, 0.717) is 19.0 Å². The van der Waals surface area contributed by atoms with Crippen molar-refractivity contribution in [1.29, 1.82) is 0 Å². The molecule has 3 N–H and O–H groups in total. The first-order valence-electron chi connectivity index (χ1n) is 9.40. The van der Waals surface area contributed by atoms with Gasteiger partial charge in [0.2, 0.25) is 5.91 Å². The maximum Gasteiger partial charge on any atom is 0.225 e. The van der Waals surface area contributed by atoms with Gasteiger partial charge in [0.15, 0.2) is 5.96 Å². The van der Waals surface area contributed by atoms with Crippen molar-refractivity contribution in [3.63, 3.8) is 0 Å². The fraction of sp³-hybridized carbons (Fsp3) is 0.895. The van der Waals surface area contributed by atoms with Gasteiger partial charge in [0.1, 0.15) is 0 Å². The highest BCUT2D eigenvalue weighted by Gasteiger charge is 2.35. The van der Waals surface area contributed by atoms with Gasteiger partial charge in [-0.3, -0.25) is 9.79 Å². The number of hydrogen-bond acceptors (Lipinski definition) is 3. The van der Waals surface area contributed by atoms with Crippen LogP contribution in [0, 0.1) is 16.7 Å². The predicted octanol–water partition coefficient (Wildman–Crippen LogP) is 2.77. The van der Waals surface area contributed by atoms with Crippen LogP contribution in [0.4, 0.5) is 0 Å². The average Bonchev–Trinajstić information content (AvgIpc) is 2.52. The second kappa shape index (κ2) is 11.3. The van der Waals surface area contributed by atoms with Crippen molar-refractivity contribution in [2.45, 2.75) is 60.5 Å². The first-order valence-corrected chi connectivity index (χ1v) is 9.40. The van der Waals surface area contributed by atoms with Gasteiger partial charge >= 0.3 is 0 Å². The van der Waals surface area contributed by atoms with Gasteiger partial charge in [-0.05, 0) is 18.3 Å². The summed E-state index contributed by atoms with van der Waals surface area (Å²) in [5, 5.41) is 9.59. The van der Waals surface area contributed by atoms with Gasteiger partial charge in [0, 0.05) is 44.6 Å². The molecule has 0 aliphatic carbocycles. The predicted molar refractivity (Wildman–Crippen MR) is 119 cm³/mol. The second-order valence-corrected chi connectivity index (χ2v) is 8.95. The minimum absolute atomic E-state index is 0. The number of amides is 1. The molecule has 0 radical (unpaired) electrons. The van der Waals surface area contributed by atoms with E-state index in [4.69, 9.17) is 4.74 Å². The van der Waals surface area contributed by atoms with E-state index in [1.807, 2.05) is 20.8 Å². The number of nitrogens with zero attached hydrogens (tertiary/aromatic N) is 1. The molecule has 0 spiro atoms. The molecule has 1 rings (SSSR count). The highest BCUT2D eigenvalue weighted by molar-refractivity contribution is 14.0. The van der Waals surface area contributed by atoms with Gasteiger partial charge in [-0.2, -0.15) is 0 Å². The SMILES string of the molecule is CN=C(NCCNC(=O)C(C)(C)C)NCC1CCCOC1C(C)(C)C.I. The van der Waals surface area contributed by atoms with E-state index in [2.05, 4.69) is 41.7 Å². The van der Waals surface area contributed by atoms with Crippen molar-refractivity contribution >= 4 is 35.8 Å². The second-order valence-electron chi connectivity index (χ2n) is 8.95. The Hall–Kier alpha value is -0.570. The van der Waals surface area contributed by atoms with Crippen LogP contribution in [0.15, 0.2) is 4.99 Å². The molecule has 0 aromatic heterocycles. The van der Waals surface area contributed by atoms with Crippen LogP contribution in [0.25, 0.3) is 0 Å². The largest absolute Gasteiger partial charge is 0.377 e. The van der Waals surface area contributed by atoms with E-state index >= 15 is 0 Å². The maximum atomic E-state index is 11.8. The van der Waals surface area contributed by atoms with E-state index < -0.39 is 0 Å². The topological polar surface area (TPSA) is 74.8 Å². The Labute approximate surface area is 176 Å². The number of hydrogen-bond donors (Lipinski definition) is 3. The summed E-state index contributed by atoms with van der Waals surface area (Å²) in [6, 6.07) is 0. The van der Waals surface area contributed by atoms with Crippen molar-refractivity contribution < 1.29 is 9.53 Å². The number of ether oxygens (including phenoxy) is 1. The summed E-state index contributed by atoms with van der Waals surface area (Å²) in [6.45, 7) is 15.4. The van der Waals surface area contributed by atoms with Crippen molar-refractivity contribution in [3.05, 3.63) is 0 Å². The van der Waals surface area contributed by atoms with Crippen LogP contribution in [-0.2, 0) is 9.53 Å². The molecule has 154 valence electrons. The Bertz CT molecular complexity index is 455. The molecule has 2 atom stereocenters. The van der Waals surface area contributed by atoms with Crippen molar-refractivity contribution in [1.82, 2.24) is 16.0 Å². The molecule has 1 amide bonds. The van der Waals surface area contributed by atoms with Gasteiger partial charge in [0.25, 0.3) is 0 Å². The summed E-state index contributed by atoms with van der Waals surface area (Å²) >= 11 is 0. The van der Waals surface area contributed by atoms with Gasteiger partial charge in [-0.1, -0.05) is 41.5 Å². The lowest BCUT2D eigenvalue weighted by atomic mass is 9.78. The third-order valence-electron chi connectivity index (χ3n) is 4.44. The van der Waals surface area contributed by atoms with Crippen LogP contribution in [0.1, 0.15) is 54.4 Å². The number of halogens is 1. The van der Waals surface area contributed by atoms with Crippen molar-refractivity contribution in [2.75, 3.05) is 33.3 Å². The third-order valence-corrected chi connectivity index (χ3v) is 4.44. The van der Waals surface area contributed by atoms with Crippen molar-refractivity contribution in [2.24, 2.45) is 21.7 Å². The summed E-state index contributed by atoms with van der Waals surface area (Å²) < 4.78 is 6.03. The number of carbonyl (C=O) groups excluding carboxylic acids is 1. The zero-order valence-electron chi connectivity index (χ0n) is 17.6. The summed E-state index contributed by atoms with van der Waals surface area (Å²) in [4.78, 5) is 16.1. The van der Waals surface area contributed by atoms with E-state index in [-0.39, 0.29) is 46.8 Å². The number of rotatable bonds is 5. The van der Waals surface area contributed by atoms with E-state index in [1.54, 1.807) is 7.05 Å². The molecule has 0 bridgehead atoms. The van der Waals surface area contributed by atoms with Gasteiger partial charge in [-0.15, -0.1) is 24.0 Å². The molecule has 0 aromatic carbocycles. The molecular formula is C19H39IN4O2. The fourth-order valence-corrected chi connectivity index (χ4v) is 3.08. The molecule has 1 fully saturated rings. The summed E-state index contributed by atoms with van der Waals surface area (Å²) in [5.74, 6) is 1.31. The maximum absolute atomic E-state index is 11.8. The van der Waals surface area contributed by atoms with Crippen LogP contribution in [0.3, 0.4) is 0 Å². The number of aliphatic imine (C=N–C) groups is 1. The minimum atomic E-state index is -0.358. The highest BCUT2D eigenvalue weighted by Crippen LogP contribution is 2.33. The molecule has 1 heterocycles. The smallest absolute Gasteiger partial charge is 0.225 e. The molecule has 2 unspecified atom stereocenters. The van der Waals surface area contributed by atoms with Crippen LogP contribution in [-0.4, -0.2) is 51.3 Å². The zero-order valence-corrected chi connectivity index (χ0v) is 19.9. The molecule has 6 nitrogen and oxygen atoms in total. The summed E-state index contributed by atoms with van der Waals surface area (Å²) in [5.41, 5.74) is -0.218.